The molecular weight excluding hydrogens is 343 g/mol. The Morgan fingerprint density at radius 2 is 1.32 bits per heavy atom. The fourth-order valence-corrected chi connectivity index (χ4v) is 2.89. The topological polar surface area (TPSA) is 106 Å². The number of benzene rings is 1. The molecule has 6 nitrogen and oxygen atoms in total. The van der Waals surface area contributed by atoms with Crippen molar-refractivity contribution in [3.63, 3.8) is 0 Å². The molecule has 0 bridgehead atoms. The molecule has 10 heteroatoms. The molecule has 0 heterocycles. The maximum Gasteiger partial charge on any atom is 0.296 e. The van der Waals surface area contributed by atoms with Crippen LogP contribution >= 0.6 is 34.8 Å². The van der Waals surface area contributed by atoms with Crippen molar-refractivity contribution in [2.75, 3.05) is 0 Å². The number of hydrogen-bond acceptors (Lipinski definition) is 5. The Bertz CT molecular complexity index is 694. The van der Waals surface area contributed by atoms with Gasteiger partial charge in [0.25, 0.3) is 25.8 Å². The number of rotatable bonds is 4. The number of carbonyl (C=O) groups is 3. The van der Waals surface area contributed by atoms with Gasteiger partial charge in [-0.15, -0.1) is 0 Å². The van der Waals surface area contributed by atoms with E-state index in [0.29, 0.717) is 0 Å². The molecule has 0 saturated heterocycles. The monoisotopic (exact) mass is 344 g/mol. The molecule has 1 aromatic rings. The van der Waals surface area contributed by atoms with Crippen molar-refractivity contribution in [3.05, 3.63) is 28.8 Å². The van der Waals surface area contributed by atoms with Crippen LogP contribution < -0.4 is 0 Å². The number of hydrogen-bond donors (Lipinski definition) is 1. The van der Waals surface area contributed by atoms with Crippen molar-refractivity contribution in [1.29, 1.82) is 0 Å². The molecule has 0 unspecified atom stereocenters. The van der Waals surface area contributed by atoms with Gasteiger partial charge in [0.1, 0.15) is 4.90 Å². The Kier molecular flexibility index (Phi) is 4.70. The molecule has 0 radical (unpaired) electrons. The first-order valence-electron chi connectivity index (χ1n) is 4.31. The van der Waals surface area contributed by atoms with Crippen LogP contribution in [0.25, 0.3) is 0 Å². The van der Waals surface area contributed by atoms with Gasteiger partial charge in [-0.1, -0.05) is 0 Å². The highest BCUT2D eigenvalue weighted by atomic mass is 35.5. The van der Waals surface area contributed by atoms with E-state index in [0.717, 1.165) is 12.1 Å². The van der Waals surface area contributed by atoms with Gasteiger partial charge in [-0.3, -0.25) is 18.9 Å². The molecule has 0 fully saturated rings. The summed E-state index contributed by atoms with van der Waals surface area (Å²) in [5.41, 5.74) is -2.18. The number of carbonyl (C=O) groups excluding carboxylic acids is 3. The third-order valence-corrected chi connectivity index (χ3v) is 3.57. The first-order valence-corrected chi connectivity index (χ1v) is 6.88. The van der Waals surface area contributed by atoms with E-state index in [-0.39, 0.29) is 0 Å². The van der Waals surface area contributed by atoms with E-state index in [1.807, 2.05) is 0 Å². The summed E-state index contributed by atoms with van der Waals surface area (Å²) in [6.45, 7) is 0. The van der Waals surface area contributed by atoms with Gasteiger partial charge in [-0.2, -0.15) is 8.42 Å². The average molecular weight is 346 g/mol. The Balaban J connectivity index is 4.00. The van der Waals surface area contributed by atoms with E-state index < -0.39 is 47.4 Å². The molecule has 102 valence electrons. The summed E-state index contributed by atoms with van der Waals surface area (Å²) < 4.78 is 31.5. The van der Waals surface area contributed by atoms with Crippen LogP contribution in [0.3, 0.4) is 0 Å². The fourth-order valence-electron chi connectivity index (χ4n) is 1.36. The summed E-state index contributed by atoms with van der Waals surface area (Å²) in [7, 11) is -5.03. The normalized spacial score (nSPS) is 11.2. The first kappa shape index (κ1) is 16.1. The molecule has 0 atom stereocenters. The maximum absolute atomic E-state index is 11.2. The van der Waals surface area contributed by atoms with Crippen molar-refractivity contribution in [3.8, 4) is 0 Å². The Labute approximate surface area is 122 Å². The molecule has 0 spiro atoms. The summed E-state index contributed by atoms with van der Waals surface area (Å²) >= 11 is 15.5. The van der Waals surface area contributed by atoms with E-state index in [1.54, 1.807) is 0 Å². The van der Waals surface area contributed by atoms with Gasteiger partial charge in [0.05, 0.1) is 11.1 Å². The second-order valence-electron chi connectivity index (χ2n) is 3.16. The lowest BCUT2D eigenvalue weighted by atomic mass is 10.1. The van der Waals surface area contributed by atoms with Crippen molar-refractivity contribution < 1.29 is 27.4 Å². The SMILES string of the molecule is O=C(Cl)c1ccc(C(=O)Cl)c(S(=O)(=O)O)c1C(=O)Cl. The van der Waals surface area contributed by atoms with Gasteiger partial charge in [0.15, 0.2) is 0 Å². The molecular formula is C9H3Cl3O6S. The molecule has 0 aliphatic carbocycles. The molecule has 0 saturated carbocycles. The van der Waals surface area contributed by atoms with Gasteiger partial charge in [-0.25, -0.2) is 0 Å². The average Bonchev–Trinajstić information content (AvgIpc) is 2.25. The molecule has 0 amide bonds. The van der Waals surface area contributed by atoms with Crippen molar-refractivity contribution in [2.24, 2.45) is 0 Å². The molecule has 1 aromatic carbocycles. The summed E-state index contributed by atoms with van der Waals surface area (Å²) in [6, 6.07) is 1.73. The lowest BCUT2D eigenvalue weighted by Gasteiger charge is -2.10. The molecule has 0 aliphatic rings. The minimum Gasteiger partial charge on any atom is -0.282 e. The van der Waals surface area contributed by atoms with Gasteiger partial charge < -0.3 is 0 Å². The van der Waals surface area contributed by atoms with E-state index in [2.05, 4.69) is 0 Å². The Hall–Kier alpha value is -0.990. The molecule has 1 N–H and O–H groups in total. The zero-order valence-corrected chi connectivity index (χ0v) is 11.8. The Morgan fingerprint density at radius 1 is 0.895 bits per heavy atom. The minimum atomic E-state index is -5.03. The van der Waals surface area contributed by atoms with Crippen LogP contribution in [0.1, 0.15) is 31.1 Å². The second kappa shape index (κ2) is 5.56. The molecule has 0 aliphatic heterocycles. The van der Waals surface area contributed by atoms with E-state index in [1.165, 1.54) is 0 Å². The third-order valence-electron chi connectivity index (χ3n) is 2.04. The van der Waals surface area contributed by atoms with Crippen LogP contribution in [0, 0.1) is 0 Å². The summed E-state index contributed by atoms with van der Waals surface area (Å²) in [4.78, 5) is 32.3. The van der Waals surface area contributed by atoms with Crippen LogP contribution in [0.15, 0.2) is 17.0 Å². The summed E-state index contributed by atoms with van der Waals surface area (Å²) in [6.07, 6.45) is 0. The van der Waals surface area contributed by atoms with E-state index in [4.69, 9.17) is 39.4 Å². The van der Waals surface area contributed by atoms with Crippen LogP contribution in [0.5, 0.6) is 0 Å². The van der Waals surface area contributed by atoms with Crippen LogP contribution in [-0.2, 0) is 10.1 Å². The first-order chi connectivity index (χ1) is 8.57. The standard InChI is InChI=1S/C9H3Cl3O6S/c10-7(13)3-1-2-4(8(11)14)6(19(16,17)18)5(3)9(12)15/h1-2H,(H,16,17,18). The largest absolute Gasteiger partial charge is 0.296 e. The van der Waals surface area contributed by atoms with Gasteiger partial charge >= 0.3 is 0 Å². The molecule has 0 aromatic heterocycles. The van der Waals surface area contributed by atoms with Crippen LogP contribution in [0.4, 0.5) is 0 Å². The van der Waals surface area contributed by atoms with Crippen LogP contribution in [-0.4, -0.2) is 28.7 Å². The third kappa shape index (κ3) is 3.31. The lowest BCUT2D eigenvalue weighted by Crippen LogP contribution is -2.14. The van der Waals surface area contributed by atoms with Gasteiger partial charge in [0.2, 0.25) is 0 Å². The predicted molar refractivity (Wildman–Crippen MR) is 66.8 cm³/mol. The van der Waals surface area contributed by atoms with Crippen molar-refractivity contribution in [2.45, 2.75) is 4.90 Å². The minimum absolute atomic E-state index is 0.573. The molecule has 1 rings (SSSR count). The lowest BCUT2D eigenvalue weighted by molar-refractivity contribution is 0.104. The highest BCUT2D eigenvalue weighted by Gasteiger charge is 2.30. The van der Waals surface area contributed by atoms with Crippen LogP contribution in [0.2, 0.25) is 0 Å². The zero-order valence-electron chi connectivity index (χ0n) is 8.69. The smallest absolute Gasteiger partial charge is 0.282 e. The highest BCUT2D eigenvalue weighted by Crippen LogP contribution is 2.28. The summed E-state index contributed by atoms with van der Waals surface area (Å²) in [5.74, 6) is 0. The fraction of sp³-hybridized carbons (Fsp3) is 0. The molecule has 19 heavy (non-hydrogen) atoms. The Morgan fingerprint density at radius 3 is 1.63 bits per heavy atom. The van der Waals surface area contributed by atoms with Crippen molar-refractivity contribution >= 4 is 60.6 Å². The second-order valence-corrected chi connectivity index (χ2v) is 5.55. The van der Waals surface area contributed by atoms with Gasteiger partial charge in [0, 0.05) is 5.56 Å². The number of halogens is 3. The van der Waals surface area contributed by atoms with Gasteiger partial charge in [-0.05, 0) is 46.9 Å². The highest BCUT2D eigenvalue weighted by molar-refractivity contribution is 7.86. The quantitative estimate of drug-likeness (QED) is 0.661. The predicted octanol–water partition coefficient (Wildman–Crippen LogP) is 2.07. The van der Waals surface area contributed by atoms with Crippen molar-refractivity contribution in [1.82, 2.24) is 0 Å². The maximum atomic E-state index is 11.2. The summed E-state index contributed by atoms with van der Waals surface area (Å²) in [5, 5.41) is -3.85. The van der Waals surface area contributed by atoms with E-state index >= 15 is 0 Å². The zero-order chi connectivity index (χ0) is 15.0. The van der Waals surface area contributed by atoms with E-state index in [9.17, 15) is 22.8 Å².